The van der Waals surface area contributed by atoms with Gasteiger partial charge in [0, 0.05) is 30.1 Å². The van der Waals surface area contributed by atoms with Crippen LogP contribution in [0.5, 0.6) is 0 Å². The fourth-order valence-electron chi connectivity index (χ4n) is 6.63. The molecule has 6 rings (SSSR count). The lowest BCUT2D eigenvalue weighted by Gasteiger charge is -2.29. The number of nitrogens with zero attached hydrogens (tertiary/aromatic N) is 5. The van der Waals surface area contributed by atoms with Crippen LogP contribution in [-0.4, -0.2) is 86.4 Å². The number of amides is 2. The molecule has 4 aromatic rings. The molecule has 2 amide bonds. The molecule has 1 fully saturated rings. The molecule has 53 heavy (non-hydrogen) atoms. The molecule has 1 saturated carbocycles. The van der Waals surface area contributed by atoms with E-state index >= 15 is 0 Å². The molecule has 1 aromatic heterocycles. The van der Waals surface area contributed by atoms with Crippen LogP contribution in [0.1, 0.15) is 49.9 Å². The van der Waals surface area contributed by atoms with Gasteiger partial charge in [-0.3, -0.25) is 4.79 Å². The number of aliphatic hydroxyl groups excluding tert-OH is 2. The van der Waals surface area contributed by atoms with Crippen molar-refractivity contribution in [3.63, 3.8) is 0 Å². The maximum Gasteiger partial charge on any atom is 0.404 e. The van der Waals surface area contributed by atoms with Crippen LogP contribution < -0.4 is 10.6 Å². The van der Waals surface area contributed by atoms with E-state index in [1.54, 1.807) is 54.7 Å². The van der Waals surface area contributed by atoms with Gasteiger partial charge in [0.2, 0.25) is 10.0 Å². The van der Waals surface area contributed by atoms with Crippen molar-refractivity contribution >= 4 is 39.3 Å². The fraction of sp³-hybridized carbons (Fsp3) is 0.405. The smallest absolute Gasteiger partial charge is 0.404 e. The van der Waals surface area contributed by atoms with Gasteiger partial charge in [-0.15, -0.1) is 5.10 Å². The molecule has 0 saturated heterocycles. The molecule has 2 aliphatic rings. The lowest BCUT2D eigenvalue weighted by molar-refractivity contribution is -0.150. The van der Waals surface area contributed by atoms with E-state index in [2.05, 4.69) is 10.3 Å². The summed E-state index contributed by atoms with van der Waals surface area (Å²) >= 11 is 6.24. The zero-order valence-electron chi connectivity index (χ0n) is 29.3. The zero-order chi connectivity index (χ0) is 38.1. The predicted molar refractivity (Wildman–Crippen MR) is 195 cm³/mol. The minimum atomic E-state index is -4.14. The number of carbonyl (C=O) groups is 2. The third kappa shape index (κ3) is 8.40. The average Bonchev–Trinajstić information content (AvgIpc) is 3.77. The highest BCUT2D eigenvalue weighted by Gasteiger charge is 2.55. The van der Waals surface area contributed by atoms with Gasteiger partial charge in [0.15, 0.2) is 5.60 Å². The number of aliphatic hydroxyl groups is 3. The summed E-state index contributed by atoms with van der Waals surface area (Å²) in [5, 5.41) is 42.5. The summed E-state index contributed by atoms with van der Waals surface area (Å²) in [4.78, 5) is 26.7. The van der Waals surface area contributed by atoms with Crippen LogP contribution in [0, 0.1) is 11.8 Å². The summed E-state index contributed by atoms with van der Waals surface area (Å²) in [6.45, 7) is 3.37. The van der Waals surface area contributed by atoms with Gasteiger partial charge in [0.1, 0.15) is 17.9 Å². The number of hydrogen-bond acceptors (Lipinski definition) is 10. The quantitative estimate of drug-likeness (QED) is 0.131. The number of benzene rings is 3. The molecule has 0 bridgehead atoms. The summed E-state index contributed by atoms with van der Waals surface area (Å²) in [6.07, 6.45) is -0.991. The van der Waals surface area contributed by atoms with E-state index in [1.165, 1.54) is 27.8 Å². The number of sulfonamides is 1. The Bertz CT molecular complexity index is 2040. The first-order chi connectivity index (χ1) is 25.2. The first-order valence-electron chi connectivity index (χ1n) is 17.4. The SMILES string of the molecule is CC(C)CN(C[C@@H](O)[C@H](Cc1ccccc1)OC(N)=O)S(=O)(=O)c1ccc(-n2cc(CN3C(=O)C(O)(C(O)CC4CC4)c4cc(Cl)ccc43)nn2)cc1. The Balaban J connectivity index is 1.18. The second kappa shape index (κ2) is 15.5. The van der Waals surface area contributed by atoms with Crippen LogP contribution in [0.3, 0.4) is 0 Å². The average molecular weight is 767 g/mol. The number of fused-ring (bicyclic) bond motifs is 1. The number of anilines is 1. The van der Waals surface area contributed by atoms with Crippen molar-refractivity contribution in [3.8, 4) is 5.69 Å². The highest BCUT2D eigenvalue weighted by Crippen LogP contribution is 2.47. The largest absolute Gasteiger partial charge is 0.443 e. The lowest BCUT2D eigenvalue weighted by Crippen LogP contribution is -2.48. The zero-order valence-corrected chi connectivity index (χ0v) is 30.9. The Hall–Kier alpha value is -4.38. The summed E-state index contributed by atoms with van der Waals surface area (Å²) in [5.74, 6) is -0.529. The van der Waals surface area contributed by atoms with Crippen molar-refractivity contribution in [3.05, 3.63) is 101 Å². The van der Waals surface area contributed by atoms with Crippen LogP contribution in [0.4, 0.5) is 10.5 Å². The molecule has 14 nitrogen and oxygen atoms in total. The van der Waals surface area contributed by atoms with Crippen molar-refractivity contribution < 1.29 is 38.1 Å². The minimum absolute atomic E-state index is 0.0353. The molecule has 16 heteroatoms. The number of rotatable bonds is 16. The van der Waals surface area contributed by atoms with Crippen LogP contribution >= 0.6 is 11.6 Å². The van der Waals surface area contributed by atoms with E-state index in [0.717, 1.165) is 22.7 Å². The van der Waals surface area contributed by atoms with Crippen LogP contribution in [-0.2, 0) is 38.1 Å². The number of primary amides is 1. The first kappa shape index (κ1) is 38.3. The van der Waals surface area contributed by atoms with Crippen molar-refractivity contribution in [2.75, 3.05) is 18.0 Å². The third-order valence-electron chi connectivity index (χ3n) is 9.50. The van der Waals surface area contributed by atoms with E-state index in [0.29, 0.717) is 22.1 Å². The van der Waals surface area contributed by atoms with E-state index in [-0.39, 0.29) is 54.8 Å². The molecule has 3 aromatic carbocycles. The first-order valence-corrected chi connectivity index (χ1v) is 19.2. The maximum atomic E-state index is 13.9. The number of halogens is 1. The van der Waals surface area contributed by atoms with Crippen molar-refractivity contribution in [1.29, 1.82) is 0 Å². The Morgan fingerprint density at radius 1 is 1.08 bits per heavy atom. The second-order valence-corrected chi connectivity index (χ2v) is 16.5. The summed E-state index contributed by atoms with van der Waals surface area (Å²) in [7, 11) is -4.14. The highest BCUT2D eigenvalue weighted by atomic mass is 35.5. The molecule has 0 radical (unpaired) electrons. The standard InChI is InChI=1S/C37H43ClN6O8S/c1-23(2)19-42(22-32(45)33(52-36(39)48)16-24-6-4-3-5-7-24)53(50,51)29-13-11-28(12-14-29)44-21-27(40-41-44)20-43-31-15-10-26(38)18-30(31)37(49,35(43)47)34(46)17-25-8-9-25/h3-7,10-15,18,21,23,25,32-34,45-46,49H,8-9,16-17,19-20,22H2,1-2H3,(H2,39,48)/t32-,33+,34?,37?/m1/s1. The highest BCUT2D eigenvalue weighted by molar-refractivity contribution is 7.89. The number of carbonyl (C=O) groups excluding carboxylic acids is 2. The second-order valence-electron chi connectivity index (χ2n) is 14.1. The van der Waals surface area contributed by atoms with Crippen molar-refractivity contribution in [1.82, 2.24) is 19.3 Å². The summed E-state index contributed by atoms with van der Waals surface area (Å²) in [6, 6.07) is 19.7. The Morgan fingerprint density at radius 3 is 2.42 bits per heavy atom. The molecule has 5 N–H and O–H groups in total. The van der Waals surface area contributed by atoms with E-state index < -0.39 is 45.9 Å². The molecule has 4 atom stereocenters. The van der Waals surface area contributed by atoms with Gasteiger partial charge < -0.3 is 30.7 Å². The van der Waals surface area contributed by atoms with Crippen molar-refractivity contribution in [2.24, 2.45) is 17.6 Å². The number of nitrogens with two attached hydrogens (primary N) is 1. The molecule has 1 aliphatic heterocycles. The van der Waals surface area contributed by atoms with Crippen LogP contribution in [0.15, 0.2) is 83.9 Å². The Morgan fingerprint density at radius 2 is 1.77 bits per heavy atom. The molecule has 2 heterocycles. The number of ether oxygens (including phenoxy) is 1. The van der Waals surface area contributed by atoms with E-state index in [1.807, 2.05) is 19.9 Å². The van der Waals surface area contributed by atoms with Gasteiger partial charge in [-0.25, -0.2) is 17.9 Å². The summed E-state index contributed by atoms with van der Waals surface area (Å²) < 4.78 is 35.7. The number of aromatic nitrogens is 3. The van der Waals surface area contributed by atoms with Gasteiger partial charge in [0.05, 0.1) is 35.1 Å². The predicted octanol–water partition coefficient (Wildman–Crippen LogP) is 3.53. The molecular weight excluding hydrogens is 724 g/mol. The van der Waals surface area contributed by atoms with Gasteiger partial charge in [-0.1, -0.05) is 73.8 Å². The fourth-order valence-corrected chi connectivity index (χ4v) is 8.43. The van der Waals surface area contributed by atoms with Gasteiger partial charge >= 0.3 is 6.09 Å². The monoisotopic (exact) mass is 766 g/mol. The summed E-state index contributed by atoms with van der Waals surface area (Å²) in [5.41, 5.74) is 5.40. The number of hydrogen-bond donors (Lipinski definition) is 4. The van der Waals surface area contributed by atoms with Gasteiger partial charge in [-0.05, 0) is 66.3 Å². The van der Waals surface area contributed by atoms with Crippen LogP contribution in [0.25, 0.3) is 5.69 Å². The molecule has 2 unspecified atom stereocenters. The van der Waals surface area contributed by atoms with Crippen molar-refractivity contribution in [2.45, 2.75) is 74.9 Å². The normalized spacial score (nSPS) is 19.0. The molecule has 282 valence electrons. The van der Waals surface area contributed by atoms with E-state index in [9.17, 15) is 33.3 Å². The maximum absolute atomic E-state index is 13.9. The van der Waals surface area contributed by atoms with Crippen LogP contribution in [0.2, 0.25) is 5.02 Å². The van der Waals surface area contributed by atoms with E-state index in [4.69, 9.17) is 22.1 Å². The molecule has 0 spiro atoms. The minimum Gasteiger partial charge on any atom is -0.443 e. The van der Waals surface area contributed by atoms with Gasteiger partial charge in [0.25, 0.3) is 5.91 Å². The molecular formula is C37H43ClN6O8S. The molecule has 1 aliphatic carbocycles. The third-order valence-corrected chi connectivity index (χ3v) is 11.6. The van der Waals surface area contributed by atoms with Gasteiger partial charge in [-0.2, -0.15) is 4.31 Å². The Labute approximate surface area is 312 Å². The lowest BCUT2D eigenvalue weighted by atomic mass is 9.86. The topological polar surface area (TPSA) is 201 Å². The Kier molecular flexibility index (Phi) is 11.2.